The van der Waals surface area contributed by atoms with Gasteiger partial charge in [-0.2, -0.15) is 5.10 Å². The Hall–Kier alpha value is -4.27. The Labute approximate surface area is 171 Å². The van der Waals surface area contributed by atoms with Gasteiger partial charge in [-0.25, -0.2) is 10.2 Å². The third-order valence-electron chi connectivity index (χ3n) is 3.96. The Morgan fingerprint density at radius 2 is 1.93 bits per heavy atom. The van der Waals surface area contributed by atoms with Crippen molar-refractivity contribution in [3.05, 3.63) is 77.2 Å². The zero-order chi connectivity index (χ0) is 21.5. The Morgan fingerprint density at radius 3 is 2.63 bits per heavy atom. The highest BCUT2D eigenvalue weighted by Crippen LogP contribution is 2.28. The summed E-state index contributed by atoms with van der Waals surface area (Å²) in [7, 11) is 1.47. The summed E-state index contributed by atoms with van der Waals surface area (Å²) >= 11 is 0. The van der Waals surface area contributed by atoms with E-state index in [-0.39, 0.29) is 23.7 Å². The fraction of sp³-hybridized carbons (Fsp3) is 0.0952. The number of rotatable bonds is 8. The number of phenols is 1. The van der Waals surface area contributed by atoms with E-state index in [1.54, 1.807) is 30.3 Å². The molecule has 30 heavy (non-hydrogen) atoms. The lowest BCUT2D eigenvalue weighted by molar-refractivity contribution is 0.0657. The summed E-state index contributed by atoms with van der Waals surface area (Å²) in [4.78, 5) is 22.9. The van der Waals surface area contributed by atoms with E-state index in [1.807, 2.05) is 0 Å². The summed E-state index contributed by atoms with van der Waals surface area (Å²) in [5.41, 5.74) is 3.08. The SMILES string of the molecule is COc1cc(C=NNC(=O)c2ccccc2O)ccc1OCc1ccc(C(=O)O)o1. The lowest BCUT2D eigenvalue weighted by Crippen LogP contribution is -2.17. The van der Waals surface area contributed by atoms with Gasteiger partial charge in [0.05, 0.1) is 18.9 Å². The van der Waals surface area contributed by atoms with Gasteiger partial charge in [-0.05, 0) is 48.0 Å². The number of benzene rings is 2. The number of aromatic hydroxyl groups is 1. The minimum atomic E-state index is -1.16. The van der Waals surface area contributed by atoms with Crippen LogP contribution in [0.3, 0.4) is 0 Å². The number of phenolic OH excluding ortho intramolecular Hbond substituents is 1. The monoisotopic (exact) mass is 410 g/mol. The van der Waals surface area contributed by atoms with Crippen LogP contribution in [0.2, 0.25) is 0 Å². The number of nitrogens with one attached hydrogen (secondary N) is 1. The number of methoxy groups -OCH3 is 1. The van der Waals surface area contributed by atoms with Gasteiger partial charge in [-0.15, -0.1) is 0 Å². The van der Waals surface area contributed by atoms with Crippen molar-refractivity contribution in [2.75, 3.05) is 7.11 Å². The molecular weight excluding hydrogens is 392 g/mol. The number of hydrogen-bond donors (Lipinski definition) is 3. The molecule has 0 aliphatic rings. The molecule has 9 heteroatoms. The Bertz CT molecular complexity index is 1090. The standard InChI is InChI=1S/C21H18N2O7/c1-28-19-10-13(11-22-23-20(25)15-4-2-3-5-16(15)24)6-8-17(19)29-12-14-7-9-18(30-14)21(26)27/h2-11,24H,12H2,1H3,(H,23,25)(H,26,27). The molecule has 1 aromatic heterocycles. The number of ether oxygens (including phenoxy) is 2. The van der Waals surface area contributed by atoms with Gasteiger partial charge in [0.1, 0.15) is 18.1 Å². The molecule has 0 saturated carbocycles. The van der Waals surface area contributed by atoms with E-state index >= 15 is 0 Å². The smallest absolute Gasteiger partial charge is 0.371 e. The van der Waals surface area contributed by atoms with Crippen LogP contribution in [0.25, 0.3) is 0 Å². The van der Waals surface area contributed by atoms with Gasteiger partial charge >= 0.3 is 5.97 Å². The van der Waals surface area contributed by atoms with E-state index in [0.29, 0.717) is 22.8 Å². The quantitative estimate of drug-likeness (QED) is 0.384. The van der Waals surface area contributed by atoms with Gasteiger partial charge in [0.15, 0.2) is 11.5 Å². The average Bonchev–Trinajstić information content (AvgIpc) is 3.22. The molecule has 0 fully saturated rings. The first kappa shape index (κ1) is 20.5. The number of hydrogen-bond acceptors (Lipinski definition) is 7. The molecule has 3 aromatic rings. The predicted molar refractivity (Wildman–Crippen MR) is 106 cm³/mol. The highest BCUT2D eigenvalue weighted by Gasteiger charge is 2.11. The number of nitrogens with zero attached hydrogens (tertiary/aromatic N) is 1. The molecule has 3 N–H and O–H groups in total. The number of furan rings is 1. The largest absolute Gasteiger partial charge is 0.507 e. The van der Waals surface area contributed by atoms with Crippen molar-refractivity contribution in [2.45, 2.75) is 6.61 Å². The molecule has 0 atom stereocenters. The average molecular weight is 410 g/mol. The summed E-state index contributed by atoms with van der Waals surface area (Å²) in [6.45, 7) is 0.0215. The van der Waals surface area contributed by atoms with Crippen LogP contribution in [-0.2, 0) is 6.61 Å². The van der Waals surface area contributed by atoms with Crippen LogP contribution in [0.15, 0.2) is 64.1 Å². The van der Waals surface area contributed by atoms with Crippen molar-refractivity contribution in [1.82, 2.24) is 5.43 Å². The molecule has 1 heterocycles. The molecule has 0 bridgehead atoms. The predicted octanol–water partition coefficient (Wildman–Crippen LogP) is 3.03. The van der Waals surface area contributed by atoms with Crippen molar-refractivity contribution in [1.29, 1.82) is 0 Å². The maximum Gasteiger partial charge on any atom is 0.371 e. The van der Waals surface area contributed by atoms with Gasteiger partial charge in [-0.1, -0.05) is 12.1 Å². The highest BCUT2D eigenvalue weighted by atomic mass is 16.5. The second kappa shape index (κ2) is 9.28. The summed E-state index contributed by atoms with van der Waals surface area (Å²) in [6, 6.07) is 14.0. The van der Waals surface area contributed by atoms with Crippen molar-refractivity contribution in [3.8, 4) is 17.2 Å². The molecule has 1 amide bonds. The third-order valence-corrected chi connectivity index (χ3v) is 3.96. The van der Waals surface area contributed by atoms with E-state index in [4.69, 9.17) is 19.0 Å². The third kappa shape index (κ3) is 4.96. The van der Waals surface area contributed by atoms with E-state index in [1.165, 1.54) is 37.6 Å². The highest BCUT2D eigenvalue weighted by molar-refractivity contribution is 5.97. The number of hydrazone groups is 1. The van der Waals surface area contributed by atoms with Crippen LogP contribution >= 0.6 is 0 Å². The molecule has 0 radical (unpaired) electrons. The number of carboxylic acid groups (broad SMARTS) is 1. The van der Waals surface area contributed by atoms with Crippen LogP contribution in [0.1, 0.15) is 32.2 Å². The Kier molecular flexibility index (Phi) is 6.33. The molecule has 0 unspecified atom stereocenters. The van der Waals surface area contributed by atoms with Gasteiger partial charge < -0.3 is 24.1 Å². The zero-order valence-electron chi connectivity index (χ0n) is 15.9. The maximum absolute atomic E-state index is 12.0. The van der Waals surface area contributed by atoms with Gasteiger partial charge in [0.25, 0.3) is 5.91 Å². The molecule has 0 aliphatic heterocycles. The normalized spacial score (nSPS) is 10.7. The first-order chi connectivity index (χ1) is 14.5. The minimum Gasteiger partial charge on any atom is -0.507 e. The molecule has 0 saturated heterocycles. The molecule has 3 rings (SSSR count). The van der Waals surface area contributed by atoms with E-state index in [0.717, 1.165) is 0 Å². The van der Waals surface area contributed by atoms with E-state index in [2.05, 4.69) is 10.5 Å². The summed E-state index contributed by atoms with van der Waals surface area (Å²) in [5, 5.41) is 22.4. The second-order valence-electron chi connectivity index (χ2n) is 5.99. The van der Waals surface area contributed by atoms with Crippen molar-refractivity contribution < 1.29 is 33.7 Å². The lowest BCUT2D eigenvalue weighted by Gasteiger charge is -2.10. The molecular formula is C21H18N2O7. The first-order valence-corrected chi connectivity index (χ1v) is 8.72. The van der Waals surface area contributed by atoms with E-state index < -0.39 is 11.9 Å². The maximum atomic E-state index is 12.0. The first-order valence-electron chi connectivity index (χ1n) is 8.72. The van der Waals surface area contributed by atoms with Gasteiger partial charge in [-0.3, -0.25) is 4.79 Å². The number of aromatic carboxylic acids is 1. The number of carbonyl (C=O) groups excluding carboxylic acids is 1. The fourth-order valence-corrected chi connectivity index (χ4v) is 2.49. The van der Waals surface area contributed by atoms with Crippen LogP contribution in [0, 0.1) is 0 Å². The lowest BCUT2D eigenvalue weighted by atomic mass is 10.2. The summed E-state index contributed by atoms with van der Waals surface area (Å²) < 4.78 is 16.1. The Balaban J connectivity index is 1.63. The molecule has 0 aliphatic carbocycles. The van der Waals surface area contributed by atoms with E-state index in [9.17, 15) is 14.7 Å². The van der Waals surface area contributed by atoms with Gasteiger partial charge in [0.2, 0.25) is 5.76 Å². The Morgan fingerprint density at radius 1 is 1.13 bits per heavy atom. The number of carbonyl (C=O) groups is 2. The summed E-state index contributed by atoms with van der Waals surface area (Å²) in [5.74, 6) is -0.824. The molecule has 154 valence electrons. The van der Waals surface area contributed by atoms with Crippen LogP contribution in [-0.4, -0.2) is 35.4 Å². The fourth-order valence-electron chi connectivity index (χ4n) is 2.49. The zero-order valence-corrected chi connectivity index (χ0v) is 15.9. The molecule has 2 aromatic carbocycles. The molecule has 0 spiro atoms. The van der Waals surface area contributed by atoms with Crippen LogP contribution in [0.4, 0.5) is 0 Å². The van der Waals surface area contributed by atoms with Crippen LogP contribution in [0.5, 0.6) is 17.2 Å². The number of amides is 1. The van der Waals surface area contributed by atoms with Crippen molar-refractivity contribution in [3.63, 3.8) is 0 Å². The van der Waals surface area contributed by atoms with Gasteiger partial charge in [0, 0.05) is 0 Å². The molecule has 9 nitrogen and oxygen atoms in total. The topological polar surface area (TPSA) is 131 Å². The minimum absolute atomic E-state index is 0.0215. The van der Waals surface area contributed by atoms with Crippen LogP contribution < -0.4 is 14.9 Å². The number of carboxylic acids is 1. The summed E-state index contributed by atoms with van der Waals surface area (Å²) in [6.07, 6.45) is 1.41. The number of para-hydroxylation sites is 1. The van der Waals surface area contributed by atoms with Crippen molar-refractivity contribution in [2.24, 2.45) is 5.10 Å². The second-order valence-corrected chi connectivity index (χ2v) is 5.99. The van der Waals surface area contributed by atoms with Crippen molar-refractivity contribution >= 4 is 18.1 Å².